The van der Waals surface area contributed by atoms with Gasteiger partial charge in [0.05, 0.1) is 23.5 Å². The molecular formula is C18H23N3O4S. The minimum absolute atomic E-state index is 0.161. The Hall–Kier alpha value is -2.40. The fourth-order valence-electron chi connectivity index (χ4n) is 3.00. The lowest BCUT2D eigenvalue weighted by Crippen LogP contribution is -2.39. The minimum Gasteiger partial charge on any atom is -0.343 e. The summed E-state index contributed by atoms with van der Waals surface area (Å²) in [6.07, 6.45) is 1.68. The van der Waals surface area contributed by atoms with Gasteiger partial charge in [0.15, 0.2) is 9.84 Å². The maximum atomic E-state index is 12.5. The molecule has 140 valence electrons. The third kappa shape index (κ3) is 6.15. The van der Waals surface area contributed by atoms with Crippen molar-refractivity contribution in [3.63, 3.8) is 0 Å². The average molecular weight is 377 g/mol. The molecule has 1 N–H and O–H groups in total. The number of carbonyl (C=O) groups excluding carboxylic acids is 2. The molecule has 1 heterocycles. The quantitative estimate of drug-likeness (QED) is 0.677. The molecule has 0 bridgehead atoms. The zero-order valence-electron chi connectivity index (χ0n) is 14.6. The normalized spacial score (nSPS) is 15.3. The average Bonchev–Trinajstić information content (AvgIpc) is 3.14. The highest BCUT2D eigenvalue weighted by molar-refractivity contribution is 7.90. The zero-order chi connectivity index (χ0) is 19.0. The van der Waals surface area contributed by atoms with E-state index in [4.69, 9.17) is 5.26 Å². The molecule has 0 aliphatic carbocycles. The number of hydrogen-bond donors (Lipinski definition) is 1. The van der Waals surface area contributed by atoms with Crippen molar-refractivity contribution in [2.75, 3.05) is 25.4 Å². The minimum atomic E-state index is -3.59. The second kappa shape index (κ2) is 9.34. The Morgan fingerprint density at radius 3 is 2.46 bits per heavy atom. The molecule has 1 fully saturated rings. The standard InChI is InChI=1S/C18H23N3O4S/c19-8-9-20-18(23)16(12-17(22)21-10-4-5-11-21)14-26(24,25)13-15-6-2-1-3-7-15/h1-3,6-7,16H,4-5,9-14H2,(H,20,23). The first-order valence-corrected chi connectivity index (χ1v) is 10.4. The van der Waals surface area contributed by atoms with Crippen LogP contribution in [0.3, 0.4) is 0 Å². The molecule has 1 aromatic rings. The highest BCUT2D eigenvalue weighted by Crippen LogP contribution is 2.17. The number of amides is 2. The van der Waals surface area contributed by atoms with Gasteiger partial charge in [0.25, 0.3) is 0 Å². The van der Waals surface area contributed by atoms with E-state index in [1.165, 1.54) is 0 Å². The lowest BCUT2D eigenvalue weighted by atomic mass is 10.1. The Kier molecular flexibility index (Phi) is 7.16. The van der Waals surface area contributed by atoms with Crippen LogP contribution in [-0.2, 0) is 25.2 Å². The second-order valence-electron chi connectivity index (χ2n) is 6.41. The predicted molar refractivity (Wildman–Crippen MR) is 96.5 cm³/mol. The number of carbonyl (C=O) groups is 2. The summed E-state index contributed by atoms with van der Waals surface area (Å²) in [6.45, 7) is 1.07. The molecular weight excluding hydrogens is 354 g/mol. The summed E-state index contributed by atoms with van der Waals surface area (Å²) in [5, 5.41) is 11.0. The lowest BCUT2D eigenvalue weighted by Gasteiger charge is -2.20. The number of likely N-dealkylation sites (tertiary alicyclic amines) is 1. The van der Waals surface area contributed by atoms with Gasteiger partial charge in [0.1, 0.15) is 6.54 Å². The number of nitrogens with zero attached hydrogens (tertiary/aromatic N) is 2. The molecule has 1 saturated heterocycles. The predicted octanol–water partition coefficient (Wildman–Crippen LogP) is 0.870. The molecule has 0 aromatic heterocycles. The summed E-state index contributed by atoms with van der Waals surface area (Å²) in [4.78, 5) is 26.3. The number of nitriles is 1. The topological polar surface area (TPSA) is 107 Å². The second-order valence-corrected chi connectivity index (χ2v) is 8.51. The molecule has 0 saturated carbocycles. The molecule has 1 aromatic carbocycles. The van der Waals surface area contributed by atoms with Crippen LogP contribution in [0.15, 0.2) is 30.3 Å². The van der Waals surface area contributed by atoms with Crippen molar-refractivity contribution < 1.29 is 18.0 Å². The smallest absolute Gasteiger partial charge is 0.225 e. The van der Waals surface area contributed by atoms with Gasteiger partial charge in [-0.1, -0.05) is 30.3 Å². The summed E-state index contributed by atoms with van der Waals surface area (Å²) in [6, 6.07) is 10.5. The molecule has 8 heteroatoms. The van der Waals surface area contributed by atoms with Gasteiger partial charge in [-0.15, -0.1) is 0 Å². The van der Waals surface area contributed by atoms with Crippen molar-refractivity contribution in [2.45, 2.75) is 25.0 Å². The third-order valence-electron chi connectivity index (χ3n) is 4.28. The first-order valence-electron chi connectivity index (χ1n) is 8.58. The van der Waals surface area contributed by atoms with Crippen molar-refractivity contribution >= 4 is 21.7 Å². The van der Waals surface area contributed by atoms with Crippen LogP contribution >= 0.6 is 0 Å². The van der Waals surface area contributed by atoms with E-state index in [2.05, 4.69) is 5.32 Å². The maximum absolute atomic E-state index is 12.5. The van der Waals surface area contributed by atoms with Crippen molar-refractivity contribution in [1.82, 2.24) is 10.2 Å². The van der Waals surface area contributed by atoms with Gasteiger partial charge in [0, 0.05) is 19.5 Å². The Bertz CT molecular complexity index is 765. The van der Waals surface area contributed by atoms with Gasteiger partial charge >= 0.3 is 0 Å². The van der Waals surface area contributed by atoms with E-state index in [0.29, 0.717) is 18.7 Å². The highest BCUT2D eigenvalue weighted by atomic mass is 32.2. The van der Waals surface area contributed by atoms with Crippen LogP contribution in [0.4, 0.5) is 0 Å². The van der Waals surface area contributed by atoms with E-state index in [1.807, 2.05) is 0 Å². The van der Waals surface area contributed by atoms with Gasteiger partial charge in [-0.2, -0.15) is 5.26 Å². The molecule has 2 rings (SSSR count). The summed E-state index contributed by atoms with van der Waals surface area (Å²) >= 11 is 0. The maximum Gasteiger partial charge on any atom is 0.225 e. The van der Waals surface area contributed by atoms with Gasteiger partial charge < -0.3 is 10.2 Å². The molecule has 2 amide bonds. The molecule has 0 spiro atoms. The van der Waals surface area contributed by atoms with Gasteiger partial charge in [-0.25, -0.2) is 8.42 Å². The van der Waals surface area contributed by atoms with Gasteiger partial charge in [-0.3, -0.25) is 9.59 Å². The van der Waals surface area contributed by atoms with E-state index in [1.54, 1.807) is 41.3 Å². The van der Waals surface area contributed by atoms with Crippen LogP contribution in [0.2, 0.25) is 0 Å². The van der Waals surface area contributed by atoms with E-state index in [0.717, 1.165) is 12.8 Å². The van der Waals surface area contributed by atoms with Crippen LogP contribution in [0.25, 0.3) is 0 Å². The molecule has 0 radical (unpaired) electrons. The van der Waals surface area contributed by atoms with Gasteiger partial charge in [-0.05, 0) is 18.4 Å². The number of rotatable bonds is 8. The van der Waals surface area contributed by atoms with Crippen molar-refractivity contribution in [2.24, 2.45) is 5.92 Å². The molecule has 1 aliphatic rings. The zero-order valence-corrected chi connectivity index (χ0v) is 15.4. The summed E-state index contributed by atoms with van der Waals surface area (Å²) in [5.74, 6) is -2.39. The van der Waals surface area contributed by atoms with E-state index in [-0.39, 0.29) is 24.6 Å². The summed E-state index contributed by atoms with van der Waals surface area (Å²) < 4.78 is 25.0. The largest absolute Gasteiger partial charge is 0.343 e. The Balaban J connectivity index is 2.07. The molecule has 26 heavy (non-hydrogen) atoms. The van der Waals surface area contributed by atoms with E-state index < -0.39 is 27.4 Å². The Labute approximate surface area is 153 Å². The Morgan fingerprint density at radius 2 is 1.85 bits per heavy atom. The van der Waals surface area contributed by atoms with Crippen LogP contribution in [-0.4, -0.2) is 50.5 Å². The van der Waals surface area contributed by atoms with E-state index >= 15 is 0 Å². The molecule has 1 atom stereocenters. The Morgan fingerprint density at radius 1 is 1.19 bits per heavy atom. The van der Waals surface area contributed by atoms with Crippen LogP contribution < -0.4 is 5.32 Å². The summed E-state index contributed by atoms with van der Waals surface area (Å²) in [7, 11) is -3.59. The number of sulfone groups is 1. The number of hydrogen-bond acceptors (Lipinski definition) is 5. The summed E-state index contributed by atoms with van der Waals surface area (Å²) in [5.41, 5.74) is 0.634. The first kappa shape index (κ1) is 19.9. The third-order valence-corrected chi connectivity index (χ3v) is 5.96. The fourth-order valence-corrected chi connectivity index (χ4v) is 4.70. The van der Waals surface area contributed by atoms with Gasteiger partial charge in [0.2, 0.25) is 11.8 Å². The SMILES string of the molecule is N#CCNC(=O)C(CC(=O)N1CCCC1)CS(=O)(=O)Cc1ccccc1. The monoisotopic (exact) mass is 377 g/mol. The fraction of sp³-hybridized carbons (Fsp3) is 0.500. The van der Waals surface area contributed by atoms with E-state index in [9.17, 15) is 18.0 Å². The number of nitrogens with one attached hydrogen (secondary N) is 1. The lowest BCUT2D eigenvalue weighted by molar-refractivity contribution is -0.135. The van der Waals surface area contributed by atoms with Crippen LogP contribution in [0, 0.1) is 17.2 Å². The van der Waals surface area contributed by atoms with Crippen molar-refractivity contribution in [1.29, 1.82) is 5.26 Å². The highest BCUT2D eigenvalue weighted by Gasteiger charge is 2.30. The molecule has 1 unspecified atom stereocenters. The molecule has 7 nitrogen and oxygen atoms in total. The first-order chi connectivity index (χ1) is 12.4. The van der Waals surface area contributed by atoms with Crippen LogP contribution in [0.5, 0.6) is 0 Å². The molecule has 1 aliphatic heterocycles. The van der Waals surface area contributed by atoms with Crippen molar-refractivity contribution in [3.05, 3.63) is 35.9 Å². The van der Waals surface area contributed by atoms with Crippen LogP contribution in [0.1, 0.15) is 24.8 Å². The number of benzene rings is 1. The van der Waals surface area contributed by atoms with Crippen molar-refractivity contribution in [3.8, 4) is 6.07 Å².